The summed E-state index contributed by atoms with van der Waals surface area (Å²) < 4.78 is 0. The number of rotatable bonds is 3. The quantitative estimate of drug-likeness (QED) is 0.525. The van der Waals surface area contributed by atoms with Crippen molar-refractivity contribution < 1.29 is 4.79 Å². The van der Waals surface area contributed by atoms with E-state index in [4.69, 9.17) is 0 Å². The van der Waals surface area contributed by atoms with Crippen LogP contribution in [0.4, 0.5) is 5.69 Å². The summed E-state index contributed by atoms with van der Waals surface area (Å²) in [6.07, 6.45) is 0.265. The van der Waals surface area contributed by atoms with Gasteiger partial charge in [-0.15, -0.1) is 4.91 Å². The van der Waals surface area contributed by atoms with Gasteiger partial charge in [0.15, 0.2) is 0 Å². The lowest BCUT2D eigenvalue weighted by Gasteiger charge is -2.11. The number of anilines is 1. The lowest BCUT2D eigenvalue weighted by Crippen LogP contribution is -2.23. The molecule has 0 atom stereocenters. The van der Waals surface area contributed by atoms with E-state index < -0.39 is 0 Å². The maximum atomic E-state index is 11.2. The molecule has 1 aromatic rings. The highest BCUT2D eigenvalue weighted by molar-refractivity contribution is 5.92. The van der Waals surface area contributed by atoms with Crippen LogP contribution in [-0.2, 0) is 4.79 Å². The van der Waals surface area contributed by atoms with Crippen LogP contribution in [0, 0.1) is 4.91 Å². The summed E-state index contributed by atoms with van der Waals surface area (Å²) in [5, 5.41) is 3.52. The van der Waals surface area contributed by atoms with E-state index in [1.807, 2.05) is 6.07 Å². The average Bonchev–Trinajstić information content (AvgIpc) is 2.20. The molecule has 0 aliphatic rings. The molecule has 0 unspecified atom stereocenters. The largest absolute Gasteiger partial charge is 0.272 e. The number of nitrogens with zero attached hydrogens (tertiary/aromatic N) is 2. The predicted molar refractivity (Wildman–Crippen MR) is 50.0 cm³/mol. The molecule has 1 rings (SSSR count). The molecule has 1 amide bonds. The zero-order valence-electron chi connectivity index (χ0n) is 7.30. The lowest BCUT2D eigenvalue weighted by atomic mass is 10.3. The molecule has 0 aromatic heterocycles. The Hall–Kier alpha value is -1.71. The van der Waals surface area contributed by atoms with Crippen LogP contribution < -0.4 is 5.01 Å². The normalized spacial score (nSPS) is 9.31. The van der Waals surface area contributed by atoms with E-state index in [0.717, 1.165) is 5.01 Å². The Balaban J connectivity index is 2.91. The third-order valence-corrected chi connectivity index (χ3v) is 1.62. The second-order valence-corrected chi connectivity index (χ2v) is 2.48. The summed E-state index contributed by atoms with van der Waals surface area (Å²) in [5.41, 5.74) is 0.504. The summed E-state index contributed by atoms with van der Waals surface area (Å²) in [6, 6.07) is 8.62. The van der Waals surface area contributed by atoms with Gasteiger partial charge in [-0.05, 0) is 12.1 Å². The van der Waals surface area contributed by atoms with Crippen molar-refractivity contribution in [2.45, 2.75) is 13.3 Å². The number of benzene rings is 1. The van der Waals surface area contributed by atoms with Crippen LogP contribution in [0.25, 0.3) is 0 Å². The molecule has 0 fully saturated rings. The first-order valence-electron chi connectivity index (χ1n) is 4.01. The highest BCUT2D eigenvalue weighted by atomic mass is 16.3. The van der Waals surface area contributed by atoms with Gasteiger partial charge in [0.2, 0.25) is 5.91 Å². The van der Waals surface area contributed by atoms with Crippen molar-refractivity contribution in [3.8, 4) is 0 Å². The van der Waals surface area contributed by atoms with E-state index in [9.17, 15) is 9.70 Å². The van der Waals surface area contributed by atoms with Crippen LogP contribution in [0.15, 0.2) is 35.6 Å². The highest BCUT2D eigenvalue weighted by Gasteiger charge is 2.13. The Morgan fingerprint density at radius 1 is 1.38 bits per heavy atom. The molecule has 68 valence electrons. The fraction of sp³-hybridized carbons (Fsp3) is 0.222. The van der Waals surface area contributed by atoms with E-state index in [1.165, 1.54) is 0 Å². The van der Waals surface area contributed by atoms with E-state index in [1.54, 1.807) is 31.2 Å². The zero-order chi connectivity index (χ0) is 9.68. The Bertz CT molecular complexity index is 298. The van der Waals surface area contributed by atoms with Gasteiger partial charge in [-0.2, -0.15) is 5.01 Å². The van der Waals surface area contributed by atoms with Gasteiger partial charge in [0.05, 0.1) is 11.0 Å². The number of nitroso groups, excluding NO2 is 1. The first kappa shape index (κ1) is 9.38. The number of carbonyl (C=O) groups is 1. The molecule has 0 radical (unpaired) electrons. The molecular weight excluding hydrogens is 168 g/mol. The molecule has 4 nitrogen and oxygen atoms in total. The number of amides is 1. The molecule has 0 saturated heterocycles. The van der Waals surface area contributed by atoms with Crippen LogP contribution in [-0.4, -0.2) is 5.91 Å². The van der Waals surface area contributed by atoms with Crippen molar-refractivity contribution in [3.63, 3.8) is 0 Å². The molecule has 0 aliphatic carbocycles. The Kier molecular flexibility index (Phi) is 3.14. The molecular formula is C9H10N2O2. The topological polar surface area (TPSA) is 49.7 Å². The summed E-state index contributed by atoms with van der Waals surface area (Å²) in [5.74, 6) is -0.304. The average molecular weight is 178 g/mol. The van der Waals surface area contributed by atoms with Crippen LogP contribution >= 0.6 is 0 Å². The van der Waals surface area contributed by atoms with Gasteiger partial charge in [-0.25, -0.2) is 0 Å². The third-order valence-electron chi connectivity index (χ3n) is 1.62. The van der Waals surface area contributed by atoms with Gasteiger partial charge >= 0.3 is 0 Å². The Morgan fingerprint density at radius 3 is 2.46 bits per heavy atom. The second-order valence-electron chi connectivity index (χ2n) is 2.48. The number of para-hydroxylation sites is 1. The Morgan fingerprint density at radius 2 is 2.00 bits per heavy atom. The third kappa shape index (κ3) is 2.11. The lowest BCUT2D eigenvalue weighted by molar-refractivity contribution is -0.118. The predicted octanol–water partition coefficient (Wildman–Crippen LogP) is 2.11. The van der Waals surface area contributed by atoms with Gasteiger partial charge in [-0.3, -0.25) is 4.79 Å². The second kappa shape index (κ2) is 4.35. The van der Waals surface area contributed by atoms with Crippen LogP contribution in [0.5, 0.6) is 0 Å². The van der Waals surface area contributed by atoms with Crippen LogP contribution in [0.1, 0.15) is 13.3 Å². The van der Waals surface area contributed by atoms with Crippen molar-refractivity contribution in [2.24, 2.45) is 5.29 Å². The fourth-order valence-electron chi connectivity index (χ4n) is 0.956. The molecule has 13 heavy (non-hydrogen) atoms. The van der Waals surface area contributed by atoms with Gasteiger partial charge in [0.1, 0.15) is 0 Å². The van der Waals surface area contributed by atoms with Crippen molar-refractivity contribution in [3.05, 3.63) is 35.2 Å². The molecule has 0 aliphatic heterocycles. The standard InChI is InChI=1S/C9H10N2O2/c1-2-9(12)11(10-13)8-6-4-3-5-7-8/h3-7H,2H2,1H3. The van der Waals surface area contributed by atoms with Gasteiger partial charge in [0, 0.05) is 6.42 Å². The van der Waals surface area contributed by atoms with Crippen molar-refractivity contribution in [1.29, 1.82) is 0 Å². The summed E-state index contributed by atoms with van der Waals surface area (Å²) in [7, 11) is 0. The molecule has 0 spiro atoms. The summed E-state index contributed by atoms with van der Waals surface area (Å²) in [6.45, 7) is 1.68. The van der Waals surface area contributed by atoms with Crippen LogP contribution in [0.2, 0.25) is 0 Å². The minimum atomic E-state index is -0.304. The van der Waals surface area contributed by atoms with Crippen LogP contribution in [0.3, 0.4) is 0 Å². The molecule has 1 aromatic carbocycles. The fourth-order valence-corrected chi connectivity index (χ4v) is 0.956. The van der Waals surface area contributed by atoms with E-state index in [-0.39, 0.29) is 12.3 Å². The number of hydrogen-bond donors (Lipinski definition) is 0. The summed E-state index contributed by atoms with van der Waals surface area (Å²) in [4.78, 5) is 21.5. The van der Waals surface area contributed by atoms with E-state index in [2.05, 4.69) is 5.29 Å². The Labute approximate surface area is 76.1 Å². The van der Waals surface area contributed by atoms with E-state index in [0.29, 0.717) is 5.69 Å². The van der Waals surface area contributed by atoms with Crippen molar-refractivity contribution in [1.82, 2.24) is 0 Å². The monoisotopic (exact) mass is 178 g/mol. The molecule has 0 saturated carbocycles. The minimum Gasteiger partial charge on any atom is -0.272 e. The van der Waals surface area contributed by atoms with Gasteiger partial charge in [0.25, 0.3) is 0 Å². The maximum Gasteiger partial charge on any atom is 0.249 e. The maximum absolute atomic E-state index is 11.2. The van der Waals surface area contributed by atoms with Gasteiger partial charge < -0.3 is 0 Å². The van der Waals surface area contributed by atoms with Crippen molar-refractivity contribution >= 4 is 11.6 Å². The SMILES string of the molecule is CCC(=O)N(N=O)c1ccccc1. The molecule has 4 heteroatoms. The van der Waals surface area contributed by atoms with Gasteiger partial charge in [-0.1, -0.05) is 25.1 Å². The highest BCUT2D eigenvalue weighted by Crippen LogP contribution is 2.14. The summed E-state index contributed by atoms with van der Waals surface area (Å²) >= 11 is 0. The van der Waals surface area contributed by atoms with E-state index >= 15 is 0 Å². The minimum absolute atomic E-state index is 0.265. The molecule has 0 bridgehead atoms. The first-order valence-corrected chi connectivity index (χ1v) is 4.01. The smallest absolute Gasteiger partial charge is 0.249 e. The zero-order valence-corrected chi connectivity index (χ0v) is 7.30. The molecule has 0 heterocycles. The van der Waals surface area contributed by atoms with Crippen molar-refractivity contribution in [2.75, 3.05) is 5.01 Å². The molecule has 0 N–H and O–H groups in total. The number of carbonyl (C=O) groups excluding carboxylic acids is 1. The first-order chi connectivity index (χ1) is 6.29. The number of hydrogen-bond acceptors (Lipinski definition) is 3.